The number of halogens is 3. The summed E-state index contributed by atoms with van der Waals surface area (Å²) in [6.45, 7) is 0.538. The van der Waals surface area contributed by atoms with Crippen LogP contribution in [-0.2, 0) is 9.84 Å². The van der Waals surface area contributed by atoms with Gasteiger partial charge in [0.2, 0.25) is 5.91 Å². The van der Waals surface area contributed by atoms with E-state index in [1.807, 2.05) is 17.0 Å². The number of nitrogens with zero attached hydrogens (tertiary/aromatic N) is 1. The lowest BCUT2D eigenvalue weighted by Crippen LogP contribution is -2.44. The second kappa shape index (κ2) is 9.29. The van der Waals surface area contributed by atoms with Crippen LogP contribution in [0.4, 0.5) is 8.78 Å². The maximum absolute atomic E-state index is 13.8. The Morgan fingerprint density at radius 3 is 1.88 bits per heavy atom. The number of amides is 1. The van der Waals surface area contributed by atoms with E-state index >= 15 is 0 Å². The summed E-state index contributed by atoms with van der Waals surface area (Å²) in [5.74, 6) is -2.23. The van der Waals surface area contributed by atoms with Gasteiger partial charge in [0.15, 0.2) is 9.84 Å². The van der Waals surface area contributed by atoms with Gasteiger partial charge in [0.25, 0.3) is 0 Å². The fraction of sp³-hybridized carbons (Fsp3) is 0.160. The molecule has 1 aliphatic heterocycles. The van der Waals surface area contributed by atoms with Crippen LogP contribution in [0.25, 0.3) is 4.91 Å². The molecule has 1 saturated heterocycles. The van der Waals surface area contributed by atoms with Gasteiger partial charge in [0.05, 0.1) is 10.9 Å². The fourth-order valence-electron chi connectivity index (χ4n) is 4.22. The Bertz CT molecular complexity index is 1360. The molecule has 4 rings (SSSR count). The van der Waals surface area contributed by atoms with E-state index in [9.17, 15) is 22.0 Å². The molecule has 1 amide bonds. The molecule has 0 aromatic heterocycles. The zero-order chi connectivity index (χ0) is 24.6. The van der Waals surface area contributed by atoms with Crippen molar-refractivity contribution < 1.29 is 22.0 Å². The Balaban J connectivity index is 1.74. The predicted octanol–water partition coefficient (Wildman–Crippen LogP) is 4.58. The van der Waals surface area contributed by atoms with E-state index in [4.69, 9.17) is 17.3 Å². The van der Waals surface area contributed by atoms with Crippen molar-refractivity contribution >= 4 is 32.3 Å². The largest absolute Gasteiger partial charge is 0.366 e. The third kappa shape index (κ3) is 5.04. The van der Waals surface area contributed by atoms with Gasteiger partial charge in [0, 0.05) is 36.0 Å². The molecule has 1 heterocycles. The van der Waals surface area contributed by atoms with Crippen LogP contribution in [0.2, 0.25) is 5.02 Å². The molecule has 0 spiro atoms. The molecule has 2 N–H and O–H groups in total. The number of nitrogens with two attached hydrogens (primary N) is 1. The quantitative estimate of drug-likeness (QED) is 0.535. The molecular weight excluding hydrogens is 482 g/mol. The molecule has 0 radical (unpaired) electrons. The first-order valence-electron chi connectivity index (χ1n) is 10.3. The SMILES string of the molecule is CS(=O)(=O)C(=C1CN(C(c2ccc(Cl)cc2)c2ccc(C(N)=O)cc2)C1)c1cc(F)cc(F)c1. The molecule has 9 heteroatoms. The average molecular weight is 503 g/mol. The van der Waals surface area contributed by atoms with Gasteiger partial charge in [-0.05, 0) is 58.7 Å². The van der Waals surface area contributed by atoms with Crippen molar-refractivity contribution in [2.75, 3.05) is 19.3 Å². The van der Waals surface area contributed by atoms with Crippen molar-refractivity contribution in [2.24, 2.45) is 5.73 Å². The highest BCUT2D eigenvalue weighted by molar-refractivity contribution is 8.00. The summed E-state index contributed by atoms with van der Waals surface area (Å²) in [5.41, 5.74) is 8.04. The lowest BCUT2D eigenvalue weighted by Gasteiger charge is -2.42. The van der Waals surface area contributed by atoms with Gasteiger partial charge in [-0.15, -0.1) is 0 Å². The molecule has 3 aromatic rings. The number of likely N-dealkylation sites (tertiary alicyclic amines) is 1. The number of benzene rings is 3. The molecule has 1 unspecified atom stereocenters. The average Bonchev–Trinajstić information content (AvgIpc) is 2.72. The lowest BCUT2D eigenvalue weighted by atomic mass is 9.91. The smallest absolute Gasteiger partial charge is 0.248 e. The number of sulfone groups is 1. The summed E-state index contributed by atoms with van der Waals surface area (Å²) in [6.07, 6.45) is 1.03. The van der Waals surface area contributed by atoms with Crippen molar-refractivity contribution in [1.29, 1.82) is 0 Å². The van der Waals surface area contributed by atoms with E-state index in [0.717, 1.165) is 29.5 Å². The van der Waals surface area contributed by atoms with Gasteiger partial charge >= 0.3 is 0 Å². The first kappa shape index (κ1) is 24.1. The normalized spacial score (nSPS) is 15.0. The number of rotatable bonds is 6. The van der Waals surface area contributed by atoms with E-state index < -0.39 is 27.4 Å². The first-order chi connectivity index (χ1) is 16.0. The fourth-order valence-corrected chi connectivity index (χ4v) is 5.55. The molecule has 1 aliphatic rings. The summed E-state index contributed by atoms with van der Waals surface area (Å²) in [4.78, 5) is 13.4. The monoisotopic (exact) mass is 502 g/mol. The molecule has 34 heavy (non-hydrogen) atoms. The van der Waals surface area contributed by atoms with Crippen molar-refractivity contribution in [2.45, 2.75) is 6.04 Å². The van der Waals surface area contributed by atoms with E-state index in [-0.39, 0.29) is 29.6 Å². The second-order valence-corrected chi connectivity index (χ2v) is 10.6. The van der Waals surface area contributed by atoms with Crippen LogP contribution in [-0.4, -0.2) is 38.6 Å². The number of carbonyl (C=O) groups is 1. The van der Waals surface area contributed by atoms with Gasteiger partial charge in [0.1, 0.15) is 11.6 Å². The van der Waals surface area contributed by atoms with E-state index in [2.05, 4.69) is 0 Å². The first-order valence-corrected chi connectivity index (χ1v) is 12.6. The van der Waals surface area contributed by atoms with Gasteiger partial charge < -0.3 is 5.73 Å². The number of primary amides is 1. The van der Waals surface area contributed by atoms with E-state index in [1.165, 1.54) is 0 Å². The number of hydrogen-bond acceptors (Lipinski definition) is 4. The zero-order valence-electron chi connectivity index (χ0n) is 18.1. The summed E-state index contributed by atoms with van der Waals surface area (Å²) in [7, 11) is -3.76. The van der Waals surface area contributed by atoms with Gasteiger partial charge in [-0.2, -0.15) is 0 Å². The Labute approximate surface area is 201 Å². The van der Waals surface area contributed by atoms with Crippen LogP contribution in [0.3, 0.4) is 0 Å². The van der Waals surface area contributed by atoms with Gasteiger partial charge in [-0.3, -0.25) is 9.69 Å². The Morgan fingerprint density at radius 1 is 0.912 bits per heavy atom. The molecular formula is C25H21ClF2N2O3S. The Morgan fingerprint density at radius 2 is 1.41 bits per heavy atom. The highest BCUT2D eigenvalue weighted by Crippen LogP contribution is 2.38. The molecule has 1 fully saturated rings. The van der Waals surface area contributed by atoms with Crippen molar-refractivity contribution in [3.05, 3.63) is 111 Å². The number of carbonyl (C=O) groups excluding carboxylic acids is 1. The summed E-state index contributed by atoms with van der Waals surface area (Å²) < 4.78 is 52.8. The van der Waals surface area contributed by atoms with Gasteiger partial charge in [-0.1, -0.05) is 35.9 Å². The molecule has 176 valence electrons. The highest BCUT2D eigenvalue weighted by Gasteiger charge is 2.35. The minimum Gasteiger partial charge on any atom is -0.366 e. The lowest BCUT2D eigenvalue weighted by molar-refractivity contribution is 0.1000. The van der Waals surface area contributed by atoms with Crippen LogP contribution in [0.5, 0.6) is 0 Å². The maximum Gasteiger partial charge on any atom is 0.248 e. The maximum atomic E-state index is 13.8. The van der Waals surface area contributed by atoms with Crippen LogP contribution < -0.4 is 5.73 Å². The van der Waals surface area contributed by atoms with Crippen molar-refractivity contribution in [1.82, 2.24) is 4.90 Å². The number of hydrogen-bond donors (Lipinski definition) is 1. The van der Waals surface area contributed by atoms with Crippen molar-refractivity contribution in [3.63, 3.8) is 0 Å². The third-order valence-corrected chi connectivity index (χ3v) is 7.18. The zero-order valence-corrected chi connectivity index (χ0v) is 19.7. The summed E-state index contributed by atoms with van der Waals surface area (Å²) >= 11 is 6.05. The Hall–Kier alpha value is -3.07. The Kier molecular flexibility index (Phi) is 6.58. The topological polar surface area (TPSA) is 80.5 Å². The van der Waals surface area contributed by atoms with E-state index in [0.29, 0.717) is 22.2 Å². The molecule has 3 aromatic carbocycles. The predicted molar refractivity (Wildman–Crippen MR) is 128 cm³/mol. The second-order valence-electron chi connectivity index (χ2n) is 8.21. The van der Waals surface area contributed by atoms with Crippen LogP contribution in [0.1, 0.15) is 33.1 Å². The van der Waals surface area contributed by atoms with Crippen LogP contribution in [0.15, 0.2) is 72.3 Å². The molecule has 0 aliphatic carbocycles. The minimum absolute atomic E-state index is 0.0106. The molecule has 1 atom stereocenters. The standard InChI is InChI=1S/C25H21ClF2N2O3S/c1-34(32,33)24(18-10-21(27)12-22(28)11-18)19-13-30(14-19)23(16-6-8-20(26)9-7-16)15-2-4-17(5-3-15)25(29)31/h2-12,23H,13-14H2,1H3,(H2,29,31). The van der Waals surface area contributed by atoms with Gasteiger partial charge in [-0.25, -0.2) is 17.2 Å². The summed E-state index contributed by atoms with van der Waals surface area (Å²) in [5, 5.41) is 0.572. The highest BCUT2D eigenvalue weighted by atomic mass is 35.5. The van der Waals surface area contributed by atoms with Crippen LogP contribution in [0, 0.1) is 11.6 Å². The molecule has 0 saturated carbocycles. The molecule has 5 nitrogen and oxygen atoms in total. The van der Waals surface area contributed by atoms with Crippen molar-refractivity contribution in [3.8, 4) is 0 Å². The third-order valence-electron chi connectivity index (χ3n) is 5.67. The minimum atomic E-state index is -3.76. The summed E-state index contributed by atoms with van der Waals surface area (Å²) in [6, 6.07) is 16.6. The molecule has 0 bridgehead atoms. The van der Waals surface area contributed by atoms with Crippen LogP contribution >= 0.6 is 11.6 Å². The van der Waals surface area contributed by atoms with E-state index in [1.54, 1.807) is 36.4 Å².